The molecule has 0 saturated heterocycles. The largest absolute Gasteiger partial charge is 0.396 e. The van der Waals surface area contributed by atoms with Crippen LogP contribution in [-0.4, -0.2) is 22.9 Å². The smallest absolute Gasteiger partial charge is 0.255 e. The number of aliphatic hydroxyl groups excluding tert-OH is 1. The van der Waals surface area contributed by atoms with E-state index in [-0.39, 0.29) is 17.9 Å². The maximum atomic E-state index is 13.4. The molecule has 2 aromatic rings. The fraction of sp³-hybridized carbons (Fsp3) is 0.435. The normalized spacial score (nSPS) is 23.6. The Bertz CT molecular complexity index is 935. The number of anilines is 1. The quantitative estimate of drug-likeness (QED) is 0.470. The monoisotopic (exact) mass is 471 g/mol. The molecule has 4 unspecified atom stereocenters. The van der Waals surface area contributed by atoms with Gasteiger partial charge in [0.05, 0.1) is 5.02 Å². The molecule has 0 spiro atoms. The fourth-order valence-corrected chi connectivity index (χ4v) is 6.03. The average molecular weight is 472 g/mol. The van der Waals surface area contributed by atoms with E-state index in [0.29, 0.717) is 28.0 Å². The van der Waals surface area contributed by atoms with Gasteiger partial charge >= 0.3 is 0 Å². The SMILES string of the molecule is CCC1CC(Sc2cc(C(=O)Nc3cc(F)c(F)c(F)c3)ccc2Cl)CC(C)C1CO. The first-order valence-electron chi connectivity index (χ1n) is 10.3. The highest BCUT2D eigenvalue weighted by molar-refractivity contribution is 8.00. The second-order valence-corrected chi connectivity index (χ2v) is 9.81. The van der Waals surface area contributed by atoms with Crippen LogP contribution in [0.15, 0.2) is 35.2 Å². The van der Waals surface area contributed by atoms with Crippen LogP contribution >= 0.6 is 23.4 Å². The van der Waals surface area contributed by atoms with Gasteiger partial charge in [0.2, 0.25) is 0 Å². The van der Waals surface area contributed by atoms with Crippen molar-refractivity contribution in [1.82, 2.24) is 0 Å². The molecule has 31 heavy (non-hydrogen) atoms. The Balaban J connectivity index is 1.75. The predicted octanol–water partition coefficient (Wildman–Crippen LogP) is 6.53. The van der Waals surface area contributed by atoms with Crippen molar-refractivity contribution >= 4 is 35.0 Å². The van der Waals surface area contributed by atoms with Crippen LogP contribution in [0.3, 0.4) is 0 Å². The molecule has 3 nitrogen and oxygen atoms in total. The highest BCUT2D eigenvalue weighted by Crippen LogP contribution is 2.44. The van der Waals surface area contributed by atoms with E-state index in [1.54, 1.807) is 23.9 Å². The highest BCUT2D eigenvalue weighted by Gasteiger charge is 2.34. The second-order valence-electron chi connectivity index (χ2n) is 8.06. The van der Waals surface area contributed by atoms with Gasteiger partial charge in [0.25, 0.3) is 5.91 Å². The fourth-order valence-electron chi connectivity index (χ4n) is 4.30. The summed E-state index contributed by atoms with van der Waals surface area (Å²) in [5.41, 5.74) is 0.105. The predicted molar refractivity (Wildman–Crippen MR) is 118 cm³/mol. The molecule has 0 bridgehead atoms. The lowest BCUT2D eigenvalue weighted by Crippen LogP contribution is -2.34. The van der Waals surface area contributed by atoms with E-state index < -0.39 is 23.4 Å². The number of nitrogens with one attached hydrogen (secondary N) is 1. The number of hydrogen-bond acceptors (Lipinski definition) is 3. The molecule has 1 aliphatic carbocycles. The molecule has 1 aliphatic rings. The first-order valence-corrected chi connectivity index (χ1v) is 11.5. The maximum Gasteiger partial charge on any atom is 0.255 e. The van der Waals surface area contributed by atoms with Crippen LogP contribution in [0, 0.1) is 35.2 Å². The first kappa shape index (κ1) is 24.0. The van der Waals surface area contributed by atoms with Crippen molar-refractivity contribution in [2.75, 3.05) is 11.9 Å². The van der Waals surface area contributed by atoms with Gasteiger partial charge in [-0.1, -0.05) is 31.9 Å². The van der Waals surface area contributed by atoms with E-state index in [4.69, 9.17) is 11.6 Å². The standard InChI is InChI=1S/C23H25ClF3NO2S/c1-3-13-7-16(6-12(2)17(13)11-29)31-21-8-14(4-5-18(21)24)23(30)28-15-9-19(25)22(27)20(26)10-15/h4-5,8-10,12-13,16-17,29H,3,6-7,11H2,1-2H3,(H,28,30). The van der Waals surface area contributed by atoms with E-state index in [2.05, 4.69) is 19.2 Å². The summed E-state index contributed by atoms with van der Waals surface area (Å²) >= 11 is 7.98. The van der Waals surface area contributed by atoms with Gasteiger partial charge in [-0.3, -0.25) is 4.79 Å². The molecule has 0 aromatic heterocycles. The van der Waals surface area contributed by atoms with Crippen LogP contribution in [0.5, 0.6) is 0 Å². The van der Waals surface area contributed by atoms with Crippen LogP contribution < -0.4 is 5.32 Å². The number of carbonyl (C=O) groups excluding carboxylic acids is 1. The summed E-state index contributed by atoms with van der Waals surface area (Å²) in [4.78, 5) is 13.3. The van der Waals surface area contributed by atoms with Gasteiger partial charge in [0.15, 0.2) is 17.5 Å². The summed E-state index contributed by atoms with van der Waals surface area (Å²) in [6.07, 6.45) is 2.89. The lowest BCUT2D eigenvalue weighted by molar-refractivity contribution is 0.0895. The first-order chi connectivity index (χ1) is 14.7. The zero-order chi connectivity index (χ0) is 22.7. The third-order valence-electron chi connectivity index (χ3n) is 6.00. The Kier molecular flexibility index (Phi) is 7.94. The molecule has 1 fully saturated rings. The molecule has 3 rings (SSSR count). The molecular weight excluding hydrogens is 447 g/mol. The van der Waals surface area contributed by atoms with Gasteiger partial charge in [0.1, 0.15) is 0 Å². The van der Waals surface area contributed by atoms with Crippen molar-refractivity contribution in [1.29, 1.82) is 0 Å². The molecule has 0 heterocycles. The van der Waals surface area contributed by atoms with Crippen molar-refractivity contribution in [2.24, 2.45) is 17.8 Å². The molecule has 1 saturated carbocycles. The van der Waals surface area contributed by atoms with E-state index in [9.17, 15) is 23.1 Å². The van der Waals surface area contributed by atoms with E-state index >= 15 is 0 Å². The van der Waals surface area contributed by atoms with Crippen molar-refractivity contribution in [3.63, 3.8) is 0 Å². The number of rotatable bonds is 6. The summed E-state index contributed by atoms with van der Waals surface area (Å²) in [5.74, 6) is -3.80. The number of benzene rings is 2. The molecule has 168 valence electrons. The number of thioether (sulfide) groups is 1. The average Bonchev–Trinajstić information content (AvgIpc) is 2.73. The molecule has 1 amide bonds. The minimum atomic E-state index is -1.58. The second kappa shape index (κ2) is 10.3. The van der Waals surface area contributed by atoms with Crippen molar-refractivity contribution in [3.8, 4) is 0 Å². The van der Waals surface area contributed by atoms with Gasteiger partial charge in [-0.15, -0.1) is 11.8 Å². The topological polar surface area (TPSA) is 49.3 Å². The Labute approximate surface area is 189 Å². The van der Waals surface area contributed by atoms with E-state index in [1.165, 1.54) is 6.07 Å². The minimum Gasteiger partial charge on any atom is -0.396 e. The van der Waals surface area contributed by atoms with E-state index in [1.807, 2.05) is 0 Å². The Hall–Kier alpha value is -1.70. The highest BCUT2D eigenvalue weighted by atomic mass is 35.5. The van der Waals surface area contributed by atoms with E-state index in [0.717, 1.165) is 36.3 Å². The van der Waals surface area contributed by atoms with Crippen LogP contribution in [0.4, 0.5) is 18.9 Å². The van der Waals surface area contributed by atoms with Crippen molar-refractivity contribution in [3.05, 3.63) is 58.4 Å². The van der Waals surface area contributed by atoms with Gasteiger partial charge in [0, 0.05) is 40.1 Å². The van der Waals surface area contributed by atoms with Gasteiger partial charge in [-0.2, -0.15) is 0 Å². The lowest BCUT2D eigenvalue weighted by Gasteiger charge is -2.39. The van der Waals surface area contributed by atoms with Crippen LogP contribution in [0.25, 0.3) is 0 Å². The summed E-state index contributed by atoms with van der Waals surface area (Å²) in [6.45, 7) is 4.48. The Morgan fingerprint density at radius 3 is 2.48 bits per heavy atom. The molecule has 4 atom stereocenters. The molecule has 2 N–H and O–H groups in total. The molecular formula is C23H25ClF3NO2S. The number of aliphatic hydroxyl groups is 1. The van der Waals surface area contributed by atoms with Gasteiger partial charge in [-0.25, -0.2) is 13.2 Å². The van der Waals surface area contributed by atoms with Gasteiger partial charge in [-0.05, 0) is 48.8 Å². The number of carbonyl (C=O) groups is 1. The number of hydrogen-bond donors (Lipinski definition) is 2. The number of amides is 1. The van der Waals surface area contributed by atoms with Crippen LogP contribution in [0.1, 0.15) is 43.5 Å². The lowest BCUT2D eigenvalue weighted by atomic mass is 9.72. The summed E-state index contributed by atoms with van der Waals surface area (Å²) < 4.78 is 40.0. The zero-order valence-corrected chi connectivity index (χ0v) is 18.9. The molecule has 8 heteroatoms. The third-order valence-corrected chi connectivity index (χ3v) is 7.75. The Morgan fingerprint density at radius 1 is 1.19 bits per heavy atom. The molecule has 2 aromatic carbocycles. The summed E-state index contributed by atoms with van der Waals surface area (Å²) in [5, 5.41) is 12.9. The minimum absolute atomic E-state index is 0.174. The van der Waals surface area contributed by atoms with Gasteiger partial charge < -0.3 is 10.4 Å². The molecule has 0 radical (unpaired) electrons. The number of halogens is 4. The zero-order valence-electron chi connectivity index (χ0n) is 17.3. The van der Waals surface area contributed by atoms with Crippen LogP contribution in [0.2, 0.25) is 5.02 Å². The molecule has 0 aliphatic heterocycles. The summed E-state index contributed by atoms with van der Waals surface area (Å²) in [6, 6.07) is 6.26. The maximum absolute atomic E-state index is 13.4. The van der Waals surface area contributed by atoms with Crippen molar-refractivity contribution in [2.45, 2.75) is 43.3 Å². The van der Waals surface area contributed by atoms with Crippen LogP contribution in [-0.2, 0) is 0 Å². The van der Waals surface area contributed by atoms with Crippen molar-refractivity contribution < 1.29 is 23.1 Å². The Morgan fingerprint density at radius 2 is 1.87 bits per heavy atom. The third kappa shape index (κ3) is 5.57. The summed E-state index contributed by atoms with van der Waals surface area (Å²) in [7, 11) is 0.